The molecule has 0 aliphatic carbocycles. The first-order valence-corrected chi connectivity index (χ1v) is 6.19. The predicted molar refractivity (Wildman–Crippen MR) is 73.6 cm³/mol. The minimum absolute atomic E-state index is 0.480. The quantitative estimate of drug-likeness (QED) is 0.911. The van der Waals surface area contributed by atoms with E-state index in [1.165, 1.54) is 5.56 Å². The lowest BCUT2D eigenvalue weighted by atomic mass is 10.2. The third-order valence-electron chi connectivity index (χ3n) is 2.76. The molecule has 2 rings (SSSR count). The van der Waals surface area contributed by atoms with Crippen LogP contribution >= 0.6 is 11.6 Å². The van der Waals surface area contributed by atoms with E-state index in [9.17, 15) is 0 Å². The van der Waals surface area contributed by atoms with E-state index in [1.807, 2.05) is 12.1 Å². The van der Waals surface area contributed by atoms with Crippen molar-refractivity contribution < 1.29 is 0 Å². The summed E-state index contributed by atoms with van der Waals surface area (Å²) in [6, 6.07) is 9.49. The summed E-state index contributed by atoms with van der Waals surface area (Å²) in [4.78, 5) is 0. The number of benzene rings is 1. The molecule has 1 N–H and O–H groups in total. The fourth-order valence-electron chi connectivity index (χ4n) is 1.71. The Kier molecular flexibility index (Phi) is 3.91. The molecule has 1 aromatic heterocycles. The van der Waals surface area contributed by atoms with Gasteiger partial charge in [-0.15, -0.1) is 0 Å². The van der Waals surface area contributed by atoms with Crippen LogP contribution in [0.2, 0.25) is 5.02 Å². The number of nitrogens with zero attached hydrogens (tertiary/aromatic N) is 2. The van der Waals surface area contributed by atoms with Crippen LogP contribution in [-0.2, 0) is 13.1 Å². The normalized spacial score (nSPS) is 10.1. The summed E-state index contributed by atoms with van der Waals surface area (Å²) in [7, 11) is 0. The van der Waals surface area contributed by atoms with Gasteiger partial charge in [-0.25, -0.2) is 0 Å². The van der Waals surface area contributed by atoms with E-state index in [4.69, 9.17) is 16.9 Å². The molecule has 2 aromatic rings. The standard InChI is InChI=1S/C14H14ClN3/c1-2-18-6-5-11(10-18)9-17-13-4-3-12(8-16)14(15)7-13/h3-7,10,17H,2,9H2,1H3. The van der Waals surface area contributed by atoms with Crippen molar-refractivity contribution in [2.45, 2.75) is 20.0 Å². The molecule has 0 fully saturated rings. The Hall–Kier alpha value is -1.92. The van der Waals surface area contributed by atoms with Gasteiger partial charge in [0.1, 0.15) is 6.07 Å². The molecular weight excluding hydrogens is 246 g/mol. The van der Waals surface area contributed by atoms with Gasteiger partial charge in [-0.3, -0.25) is 0 Å². The van der Waals surface area contributed by atoms with Crippen LogP contribution in [0.3, 0.4) is 0 Å². The Bertz CT molecular complexity index is 581. The third kappa shape index (κ3) is 2.85. The Morgan fingerprint density at radius 3 is 2.83 bits per heavy atom. The SMILES string of the molecule is CCn1ccc(CNc2ccc(C#N)c(Cl)c2)c1. The maximum Gasteiger partial charge on any atom is 0.101 e. The zero-order valence-electron chi connectivity index (χ0n) is 10.2. The number of halogens is 1. The van der Waals surface area contributed by atoms with Gasteiger partial charge in [-0.05, 0) is 36.8 Å². The van der Waals surface area contributed by atoms with Crippen LogP contribution in [0.5, 0.6) is 0 Å². The van der Waals surface area contributed by atoms with E-state index in [0.29, 0.717) is 10.6 Å². The smallest absolute Gasteiger partial charge is 0.101 e. The van der Waals surface area contributed by atoms with Gasteiger partial charge < -0.3 is 9.88 Å². The molecule has 18 heavy (non-hydrogen) atoms. The molecule has 0 aliphatic heterocycles. The lowest BCUT2D eigenvalue weighted by molar-refractivity contribution is 0.766. The van der Waals surface area contributed by atoms with Crippen molar-refractivity contribution in [1.29, 1.82) is 5.26 Å². The van der Waals surface area contributed by atoms with Crippen molar-refractivity contribution in [3.8, 4) is 6.07 Å². The highest BCUT2D eigenvalue weighted by Gasteiger charge is 2.01. The van der Waals surface area contributed by atoms with Gasteiger partial charge in [0.05, 0.1) is 10.6 Å². The molecule has 3 nitrogen and oxygen atoms in total. The van der Waals surface area contributed by atoms with Crippen LogP contribution < -0.4 is 5.32 Å². The number of nitriles is 1. The Morgan fingerprint density at radius 2 is 2.22 bits per heavy atom. The molecular formula is C14H14ClN3. The average Bonchev–Trinajstić information content (AvgIpc) is 2.84. The number of nitrogens with one attached hydrogen (secondary N) is 1. The molecule has 1 heterocycles. The highest BCUT2D eigenvalue weighted by Crippen LogP contribution is 2.20. The van der Waals surface area contributed by atoms with Crippen LogP contribution in [-0.4, -0.2) is 4.57 Å². The maximum atomic E-state index is 8.79. The van der Waals surface area contributed by atoms with Crippen LogP contribution in [0.1, 0.15) is 18.1 Å². The molecule has 0 saturated carbocycles. The second kappa shape index (κ2) is 5.61. The van der Waals surface area contributed by atoms with Crippen molar-refractivity contribution in [3.05, 3.63) is 52.8 Å². The summed E-state index contributed by atoms with van der Waals surface area (Å²) in [5.41, 5.74) is 2.64. The van der Waals surface area contributed by atoms with E-state index >= 15 is 0 Å². The highest BCUT2D eigenvalue weighted by atomic mass is 35.5. The molecule has 0 amide bonds. The number of rotatable bonds is 4. The number of hydrogen-bond donors (Lipinski definition) is 1. The van der Waals surface area contributed by atoms with Crippen LogP contribution in [0.15, 0.2) is 36.7 Å². The highest BCUT2D eigenvalue weighted by molar-refractivity contribution is 6.32. The molecule has 92 valence electrons. The largest absolute Gasteiger partial charge is 0.381 e. The molecule has 0 saturated heterocycles. The van der Waals surface area contributed by atoms with Gasteiger partial charge in [-0.2, -0.15) is 5.26 Å². The molecule has 0 atom stereocenters. The summed E-state index contributed by atoms with van der Waals surface area (Å²) >= 11 is 5.97. The van der Waals surface area contributed by atoms with E-state index in [0.717, 1.165) is 18.8 Å². The van der Waals surface area contributed by atoms with Gasteiger partial charge >= 0.3 is 0 Å². The zero-order valence-corrected chi connectivity index (χ0v) is 10.9. The minimum Gasteiger partial charge on any atom is -0.381 e. The predicted octanol–water partition coefficient (Wildman–Crippen LogP) is 3.65. The number of anilines is 1. The van der Waals surface area contributed by atoms with E-state index < -0.39 is 0 Å². The summed E-state index contributed by atoms with van der Waals surface area (Å²) in [5.74, 6) is 0. The minimum atomic E-state index is 0.480. The molecule has 0 radical (unpaired) electrons. The molecule has 0 unspecified atom stereocenters. The first-order valence-electron chi connectivity index (χ1n) is 5.81. The molecule has 1 aromatic carbocycles. The van der Waals surface area contributed by atoms with Crippen molar-refractivity contribution >= 4 is 17.3 Å². The Balaban J connectivity index is 2.02. The van der Waals surface area contributed by atoms with Gasteiger partial charge in [0, 0.05) is 31.2 Å². The average molecular weight is 260 g/mol. The first kappa shape index (κ1) is 12.5. The van der Waals surface area contributed by atoms with Gasteiger partial charge in [0.25, 0.3) is 0 Å². The Labute approximate surface area is 112 Å². The third-order valence-corrected chi connectivity index (χ3v) is 3.08. The molecule has 0 bridgehead atoms. The summed E-state index contributed by atoms with van der Waals surface area (Å²) in [6.45, 7) is 3.83. The fraction of sp³-hybridized carbons (Fsp3) is 0.214. The van der Waals surface area contributed by atoms with Crippen LogP contribution in [0.4, 0.5) is 5.69 Å². The van der Waals surface area contributed by atoms with Crippen molar-refractivity contribution in [3.63, 3.8) is 0 Å². The van der Waals surface area contributed by atoms with Gasteiger partial charge in [0.2, 0.25) is 0 Å². The van der Waals surface area contributed by atoms with Crippen LogP contribution in [0, 0.1) is 11.3 Å². The maximum absolute atomic E-state index is 8.79. The second-order valence-electron chi connectivity index (χ2n) is 4.01. The van der Waals surface area contributed by atoms with Crippen molar-refractivity contribution in [1.82, 2.24) is 4.57 Å². The first-order chi connectivity index (χ1) is 8.72. The molecule has 0 spiro atoms. The topological polar surface area (TPSA) is 40.8 Å². The zero-order chi connectivity index (χ0) is 13.0. The number of aromatic nitrogens is 1. The van der Waals surface area contributed by atoms with E-state index in [-0.39, 0.29) is 0 Å². The lowest BCUT2D eigenvalue weighted by Gasteiger charge is -2.06. The summed E-state index contributed by atoms with van der Waals surface area (Å²) in [5, 5.41) is 12.6. The molecule has 0 aliphatic rings. The van der Waals surface area contributed by atoms with Crippen molar-refractivity contribution in [2.24, 2.45) is 0 Å². The van der Waals surface area contributed by atoms with Gasteiger partial charge in [-0.1, -0.05) is 11.6 Å². The second-order valence-corrected chi connectivity index (χ2v) is 4.42. The number of hydrogen-bond acceptors (Lipinski definition) is 2. The van der Waals surface area contributed by atoms with E-state index in [2.05, 4.69) is 35.3 Å². The monoisotopic (exact) mass is 259 g/mol. The van der Waals surface area contributed by atoms with Crippen molar-refractivity contribution in [2.75, 3.05) is 5.32 Å². The van der Waals surface area contributed by atoms with Gasteiger partial charge in [0.15, 0.2) is 0 Å². The number of aryl methyl sites for hydroxylation is 1. The summed E-state index contributed by atoms with van der Waals surface area (Å²) in [6.07, 6.45) is 4.17. The lowest BCUT2D eigenvalue weighted by Crippen LogP contribution is -1.98. The fourth-order valence-corrected chi connectivity index (χ4v) is 1.93. The van der Waals surface area contributed by atoms with Crippen LogP contribution in [0.25, 0.3) is 0 Å². The molecule has 4 heteroatoms. The summed E-state index contributed by atoms with van der Waals surface area (Å²) < 4.78 is 2.13. The van der Waals surface area contributed by atoms with E-state index in [1.54, 1.807) is 12.1 Å². The Morgan fingerprint density at radius 1 is 1.39 bits per heavy atom.